The van der Waals surface area contributed by atoms with E-state index in [0.717, 1.165) is 10.9 Å². The van der Waals surface area contributed by atoms with Crippen LogP contribution in [0.1, 0.15) is 49.8 Å². The van der Waals surface area contributed by atoms with Crippen LogP contribution in [0.25, 0.3) is 10.9 Å². The number of aryl methyl sites for hydroxylation is 1. The number of fused-ring (bicyclic) bond motifs is 1. The summed E-state index contributed by atoms with van der Waals surface area (Å²) in [6.45, 7) is 7.24. The lowest BCUT2D eigenvalue weighted by Crippen LogP contribution is -2.35. The third kappa shape index (κ3) is 4.63. The zero-order valence-electron chi connectivity index (χ0n) is 21.6. The Kier molecular flexibility index (Phi) is 6.44. The number of carbonyl (C=O) groups is 1. The molecule has 2 N–H and O–H groups in total. The van der Waals surface area contributed by atoms with Crippen molar-refractivity contribution in [2.75, 3.05) is 17.3 Å². The number of aromatic nitrogens is 4. The molecule has 0 bridgehead atoms. The van der Waals surface area contributed by atoms with Crippen molar-refractivity contribution in [2.45, 2.75) is 45.4 Å². The maximum Gasteiger partial charge on any atom is 0.418 e. The molecule has 1 aliphatic rings. The van der Waals surface area contributed by atoms with Crippen molar-refractivity contribution in [1.82, 2.24) is 19.9 Å². The summed E-state index contributed by atoms with van der Waals surface area (Å²) in [6, 6.07) is 13.8. The largest absolute Gasteiger partial charge is 0.495 e. The molecule has 2 aromatic heterocycles. The van der Waals surface area contributed by atoms with Gasteiger partial charge in [0.2, 0.25) is 11.9 Å². The van der Waals surface area contributed by atoms with Crippen LogP contribution in [0, 0.1) is 6.92 Å². The number of methoxy groups -OCH3 is 1. The fraction of sp³-hybridized carbons (Fsp3) is 0.296. The van der Waals surface area contributed by atoms with Gasteiger partial charge < -0.3 is 19.8 Å². The lowest BCUT2D eigenvalue weighted by molar-refractivity contribution is 0.0685. The molecular formula is C27H27ClN6O4. The Labute approximate surface area is 224 Å². The number of nitrogens with one attached hydrogen (secondary N) is 2. The SMILES string of the molecule is COc1cc2[nH]c(=O)c([C@H](C)Nc3nc(C)nc(N4C(=O)OC(C)(C)[C@@H]4c4ccccc4)n3)cc2cc1Cl. The number of benzene rings is 2. The molecule has 2 atom stereocenters. The molecule has 2 aromatic carbocycles. The van der Waals surface area contributed by atoms with Crippen molar-refractivity contribution in [3.8, 4) is 5.75 Å². The van der Waals surface area contributed by atoms with Gasteiger partial charge in [-0.15, -0.1) is 0 Å². The van der Waals surface area contributed by atoms with Crippen molar-refractivity contribution >= 4 is 40.5 Å². The highest BCUT2D eigenvalue weighted by Crippen LogP contribution is 2.42. The number of pyridine rings is 1. The minimum absolute atomic E-state index is 0.155. The number of hydrogen-bond donors (Lipinski definition) is 2. The maximum atomic E-state index is 13.0. The molecule has 0 radical (unpaired) electrons. The lowest BCUT2D eigenvalue weighted by atomic mass is 9.92. The summed E-state index contributed by atoms with van der Waals surface area (Å²) in [4.78, 5) is 43.6. The molecule has 1 aliphatic heterocycles. The Morgan fingerprint density at radius 1 is 1.13 bits per heavy atom. The van der Waals surface area contributed by atoms with Crippen LogP contribution in [-0.2, 0) is 4.74 Å². The summed E-state index contributed by atoms with van der Waals surface area (Å²) < 4.78 is 10.9. The van der Waals surface area contributed by atoms with Crippen LogP contribution >= 0.6 is 11.6 Å². The number of halogens is 1. The van der Waals surface area contributed by atoms with Gasteiger partial charge in [0.1, 0.15) is 23.2 Å². The minimum atomic E-state index is -0.817. The highest BCUT2D eigenvalue weighted by atomic mass is 35.5. The molecule has 196 valence electrons. The van der Waals surface area contributed by atoms with E-state index in [0.29, 0.717) is 27.7 Å². The van der Waals surface area contributed by atoms with Crippen LogP contribution in [0.2, 0.25) is 5.02 Å². The number of rotatable bonds is 6. The van der Waals surface area contributed by atoms with Crippen molar-refractivity contribution in [3.05, 3.63) is 80.9 Å². The number of aromatic amines is 1. The Morgan fingerprint density at radius 2 is 1.87 bits per heavy atom. The van der Waals surface area contributed by atoms with Gasteiger partial charge in [0.25, 0.3) is 5.56 Å². The topological polar surface area (TPSA) is 122 Å². The first-order valence-corrected chi connectivity index (χ1v) is 12.4. The van der Waals surface area contributed by atoms with Gasteiger partial charge in [-0.25, -0.2) is 9.69 Å². The van der Waals surface area contributed by atoms with E-state index in [-0.39, 0.29) is 17.5 Å². The van der Waals surface area contributed by atoms with Crippen LogP contribution in [0.3, 0.4) is 0 Å². The van der Waals surface area contributed by atoms with Gasteiger partial charge in [-0.2, -0.15) is 15.0 Å². The molecular weight excluding hydrogens is 508 g/mol. The molecule has 0 spiro atoms. The Morgan fingerprint density at radius 3 is 2.58 bits per heavy atom. The summed E-state index contributed by atoms with van der Waals surface area (Å²) in [5, 5.41) is 4.36. The highest BCUT2D eigenvalue weighted by molar-refractivity contribution is 6.32. The van der Waals surface area contributed by atoms with Gasteiger partial charge >= 0.3 is 6.09 Å². The van der Waals surface area contributed by atoms with E-state index in [4.69, 9.17) is 21.1 Å². The van der Waals surface area contributed by atoms with Crippen LogP contribution in [-0.4, -0.2) is 38.7 Å². The normalized spacial score (nSPS) is 17.4. The van der Waals surface area contributed by atoms with Crippen molar-refractivity contribution in [3.63, 3.8) is 0 Å². The first-order valence-electron chi connectivity index (χ1n) is 12.0. The predicted octanol–water partition coefficient (Wildman–Crippen LogP) is 5.33. The lowest BCUT2D eigenvalue weighted by Gasteiger charge is -2.28. The average Bonchev–Trinajstić information content (AvgIpc) is 3.11. The van der Waals surface area contributed by atoms with E-state index >= 15 is 0 Å². The third-order valence-corrected chi connectivity index (χ3v) is 6.78. The Bertz CT molecular complexity index is 1590. The van der Waals surface area contributed by atoms with Crippen LogP contribution in [0.4, 0.5) is 16.7 Å². The second-order valence-electron chi connectivity index (χ2n) is 9.65. The van der Waals surface area contributed by atoms with Gasteiger partial charge in [0.05, 0.1) is 23.7 Å². The van der Waals surface area contributed by atoms with Crippen LogP contribution in [0.5, 0.6) is 5.75 Å². The molecule has 0 unspecified atom stereocenters. The standard InChI is InChI=1S/C27H27ClN6O4/c1-14(18-11-17-12-19(28)21(37-5)13-20(17)32-23(18)35)29-24-30-15(2)31-25(33-24)34-22(16-9-7-6-8-10-16)27(3,4)38-26(34)36/h6-14,22H,1-5H3,(H,32,35)(H,29,30,31,33)/t14-,22-/m0/s1. The molecule has 11 heteroatoms. The van der Waals surface area contributed by atoms with Gasteiger partial charge in [0, 0.05) is 17.0 Å². The molecule has 38 heavy (non-hydrogen) atoms. The molecule has 1 saturated heterocycles. The fourth-order valence-electron chi connectivity index (χ4n) is 4.74. The second-order valence-corrected chi connectivity index (χ2v) is 10.1. The van der Waals surface area contributed by atoms with Crippen molar-refractivity contribution in [1.29, 1.82) is 0 Å². The summed E-state index contributed by atoms with van der Waals surface area (Å²) in [5.41, 5.74) is 0.862. The molecule has 10 nitrogen and oxygen atoms in total. The highest BCUT2D eigenvalue weighted by Gasteiger charge is 2.50. The first-order chi connectivity index (χ1) is 18.1. The van der Waals surface area contributed by atoms with E-state index in [9.17, 15) is 9.59 Å². The van der Waals surface area contributed by atoms with E-state index in [1.807, 2.05) is 51.1 Å². The molecule has 5 rings (SSSR count). The quantitative estimate of drug-likeness (QED) is 0.340. The van der Waals surface area contributed by atoms with E-state index in [2.05, 4.69) is 25.3 Å². The van der Waals surface area contributed by atoms with Crippen molar-refractivity contribution < 1.29 is 14.3 Å². The molecule has 0 aliphatic carbocycles. The van der Waals surface area contributed by atoms with E-state index in [1.165, 1.54) is 12.0 Å². The number of carbonyl (C=O) groups excluding carboxylic acids is 1. The number of amides is 1. The number of H-pyrrole nitrogens is 1. The summed E-state index contributed by atoms with van der Waals surface area (Å²) in [7, 11) is 1.52. The number of nitrogens with zero attached hydrogens (tertiary/aromatic N) is 4. The minimum Gasteiger partial charge on any atom is -0.495 e. The molecule has 1 fully saturated rings. The summed E-state index contributed by atoms with van der Waals surface area (Å²) >= 11 is 6.29. The average molecular weight is 535 g/mol. The zero-order chi connectivity index (χ0) is 27.2. The van der Waals surface area contributed by atoms with Crippen molar-refractivity contribution in [2.24, 2.45) is 0 Å². The zero-order valence-corrected chi connectivity index (χ0v) is 22.3. The van der Waals surface area contributed by atoms with E-state index < -0.39 is 23.8 Å². The second kappa shape index (κ2) is 9.60. The van der Waals surface area contributed by atoms with Gasteiger partial charge in [-0.3, -0.25) is 4.79 Å². The first kappa shape index (κ1) is 25.5. The summed E-state index contributed by atoms with van der Waals surface area (Å²) in [6.07, 6.45) is -0.549. The van der Waals surface area contributed by atoms with Crippen LogP contribution in [0.15, 0.2) is 53.3 Å². The number of cyclic esters (lactones) is 1. The molecule has 3 heterocycles. The molecule has 4 aromatic rings. The van der Waals surface area contributed by atoms with Gasteiger partial charge in [-0.05, 0) is 45.4 Å². The smallest absolute Gasteiger partial charge is 0.418 e. The van der Waals surface area contributed by atoms with Crippen LogP contribution < -0.4 is 20.5 Å². The number of hydrogen-bond acceptors (Lipinski definition) is 8. The maximum absolute atomic E-state index is 13.0. The van der Waals surface area contributed by atoms with E-state index in [1.54, 1.807) is 25.1 Å². The Hall–Kier alpha value is -4.18. The van der Waals surface area contributed by atoms with Gasteiger partial charge in [-0.1, -0.05) is 41.9 Å². The monoisotopic (exact) mass is 534 g/mol. The number of ether oxygens (including phenoxy) is 2. The number of anilines is 2. The summed E-state index contributed by atoms with van der Waals surface area (Å²) in [5.74, 6) is 1.25. The molecule has 1 amide bonds. The van der Waals surface area contributed by atoms with Gasteiger partial charge in [0.15, 0.2) is 0 Å². The Balaban J connectivity index is 1.49. The predicted molar refractivity (Wildman–Crippen MR) is 145 cm³/mol. The third-order valence-electron chi connectivity index (χ3n) is 6.49. The molecule has 0 saturated carbocycles. The fourth-order valence-corrected chi connectivity index (χ4v) is 4.99.